The number of aromatic nitrogens is 3. The molecule has 7 nitrogen and oxygen atoms in total. The van der Waals surface area contributed by atoms with Gasteiger partial charge in [-0.05, 0) is 23.2 Å². The van der Waals surface area contributed by atoms with Crippen molar-refractivity contribution in [2.75, 3.05) is 0 Å². The van der Waals surface area contributed by atoms with Crippen molar-refractivity contribution in [3.63, 3.8) is 0 Å². The first-order valence-electron chi connectivity index (χ1n) is 7.98. The number of hydrogen-bond donors (Lipinski definition) is 3. The lowest BCUT2D eigenvalue weighted by molar-refractivity contribution is 0.0996. The molecule has 0 bridgehead atoms. The number of rotatable bonds is 5. The molecule has 0 aliphatic heterocycles. The van der Waals surface area contributed by atoms with E-state index < -0.39 is 13.0 Å². The average Bonchev–Trinajstić information content (AvgIpc) is 2.93. The fourth-order valence-corrected chi connectivity index (χ4v) is 2.73. The van der Waals surface area contributed by atoms with Gasteiger partial charge in [-0.1, -0.05) is 38.1 Å². The molecule has 0 atom stereocenters. The van der Waals surface area contributed by atoms with Crippen molar-refractivity contribution in [1.29, 1.82) is 0 Å². The first-order chi connectivity index (χ1) is 11.9. The highest BCUT2D eigenvalue weighted by Crippen LogP contribution is 2.22. The van der Waals surface area contributed by atoms with Gasteiger partial charge in [0.2, 0.25) is 0 Å². The van der Waals surface area contributed by atoms with Crippen LogP contribution in [0.15, 0.2) is 36.4 Å². The van der Waals surface area contributed by atoms with E-state index in [4.69, 9.17) is 5.73 Å². The van der Waals surface area contributed by atoms with Crippen molar-refractivity contribution < 1.29 is 14.8 Å². The molecule has 0 aliphatic carbocycles. The number of fused-ring (bicyclic) bond motifs is 1. The highest BCUT2D eigenvalue weighted by molar-refractivity contribution is 6.58. The zero-order valence-electron chi connectivity index (χ0n) is 14.0. The van der Waals surface area contributed by atoms with E-state index in [1.807, 2.05) is 30.5 Å². The van der Waals surface area contributed by atoms with Crippen LogP contribution < -0.4 is 11.2 Å². The fourth-order valence-electron chi connectivity index (χ4n) is 2.73. The summed E-state index contributed by atoms with van der Waals surface area (Å²) in [6.07, 6.45) is 0. The molecule has 128 valence electrons. The molecule has 0 aliphatic rings. The van der Waals surface area contributed by atoms with Crippen LogP contribution in [0.5, 0.6) is 0 Å². The second-order valence-corrected chi connectivity index (χ2v) is 6.23. The minimum absolute atomic E-state index is 0.171. The molecule has 4 N–H and O–H groups in total. The van der Waals surface area contributed by atoms with Crippen molar-refractivity contribution >= 4 is 29.7 Å². The summed E-state index contributed by atoms with van der Waals surface area (Å²) in [5.74, 6) is 0.446. The smallest absolute Gasteiger partial charge is 0.423 e. The molecule has 2 heterocycles. The second-order valence-electron chi connectivity index (χ2n) is 6.23. The van der Waals surface area contributed by atoms with Gasteiger partial charge < -0.3 is 20.3 Å². The van der Waals surface area contributed by atoms with E-state index in [9.17, 15) is 14.8 Å². The number of primary amides is 1. The van der Waals surface area contributed by atoms with Crippen LogP contribution in [0.2, 0.25) is 0 Å². The summed E-state index contributed by atoms with van der Waals surface area (Å²) < 4.78 is 1.96. The van der Waals surface area contributed by atoms with Crippen molar-refractivity contribution in [1.82, 2.24) is 14.5 Å². The third-order valence-corrected chi connectivity index (χ3v) is 4.01. The first-order valence-corrected chi connectivity index (χ1v) is 7.98. The standard InChI is InChI=1S/C17H19BN4O3/c1-10(2)16-21-14-8-7-13(15(19)23)20-17(14)22(16)9-11-3-5-12(6-4-11)18(24)25/h3-8,10,24-25H,9H2,1-2H3,(H2,19,23). The van der Waals surface area contributed by atoms with Gasteiger partial charge in [0, 0.05) is 5.92 Å². The number of amides is 1. The molecule has 0 saturated carbocycles. The third-order valence-electron chi connectivity index (χ3n) is 4.01. The van der Waals surface area contributed by atoms with Gasteiger partial charge in [0.25, 0.3) is 5.91 Å². The van der Waals surface area contributed by atoms with Crippen molar-refractivity contribution in [2.45, 2.75) is 26.3 Å². The van der Waals surface area contributed by atoms with Crippen molar-refractivity contribution in [3.8, 4) is 0 Å². The lowest BCUT2D eigenvalue weighted by Gasteiger charge is -2.12. The zero-order valence-corrected chi connectivity index (χ0v) is 14.0. The van der Waals surface area contributed by atoms with E-state index in [-0.39, 0.29) is 11.6 Å². The Hall–Kier alpha value is -2.71. The number of hydrogen-bond acceptors (Lipinski definition) is 5. The van der Waals surface area contributed by atoms with Crippen LogP contribution in [0, 0.1) is 0 Å². The van der Waals surface area contributed by atoms with Gasteiger partial charge >= 0.3 is 7.12 Å². The van der Waals surface area contributed by atoms with Gasteiger partial charge in [-0.25, -0.2) is 9.97 Å². The Morgan fingerprint density at radius 3 is 2.40 bits per heavy atom. The Balaban J connectivity index is 2.07. The third kappa shape index (κ3) is 3.40. The predicted molar refractivity (Wildman–Crippen MR) is 95.5 cm³/mol. The number of pyridine rings is 1. The summed E-state index contributed by atoms with van der Waals surface area (Å²) in [6.45, 7) is 4.58. The molecule has 25 heavy (non-hydrogen) atoms. The van der Waals surface area contributed by atoms with Gasteiger partial charge in [-0.15, -0.1) is 0 Å². The molecule has 8 heteroatoms. The molecule has 1 amide bonds. The maximum Gasteiger partial charge on any atom is 0.488 e. The summed E-state index contributed by atoms with van der Waals surface area (Å²) in [7, 11) is -1.49. The molecule has 2 aromatic heterocycles. The van der Waals surface area contributed by atoms with Crippen molar-refractivity contribution in [2.24, 2.45) is 5.73 Å². The summed E-state index contributed by atoms with van der Waals surface area (Å²) in [5.41, 5.74) is 8.23. The van der Waals surface area contributed by atoms with Crippen LogP contribution in [0.4, 0.5) is 0 Å². The fraction of sp³-hybridized carbons (Fsp3) is 0.235. The SMILES string of the molecule is CC(C)c1nc2ccc(C(N)=O)nc2n1Cc1ccc(B(O)O)cc1. The summed E-state index contributed by atoms with van der Waals surface area (Å²) >= 11 is 0. The zero-order chi connectivity index (χ0) is 18.1. The number of carbonyl (C=O) groups is 1. The van der Waals surface area contributed by atoms with E-state index in [0.717, 1.165) is 11.4 Å². The Morgan fingerprint density at radius 1 is 1.16 bits per heavy atom. The minimum atomic E-state index is -1.49. The topological polar surface area (TPSA) is 114 Å². The van der Waals surface area contributed by atoms with Crippen LogP contribution >= 0.6 is 0 Å². The van der Waals surface area contributed by atoms with Gasteiger partial charge in [0.1, 0.15) is 17.0 Å². The lowest BCUT2D eigenvalue weighted by Crippen LogP contribution is -2.29. The monoisotopic (exact) mass is 338 g/mol. The van der Waals surface area contributed by atoms with Gasteiger partial charge in [-0.3, -0.25) is 4.79 Å². The van der Waals surface area contributed by atoms with Crippen LogP contribution in [0.25, 0.3) is 11.2 Å². The maximum absolute atomic E-state index is 11.4. The quantitative estimate of drug-likeness (QED) is 0.582. The molecule has 0 fully saturated rings. The molecule has 0 radical (unpaired) electrons. The average molecular weight is 338 g/mol. The maximum atomic E-state index is 11.4. The van der Waals surface area contributed by atoms with E-state index in [1.165, 1.54) is 0 Å². The number of nitrogens with zero attached hydrogens (tertiary/aromatic N) is 3. The largest absolute Gasteiger partial charge is 0.488 e. The van der Waals surface area contributed by atoms with E-state index in [2.05, 4.69) is 9.97 Å². The van der Waals surface area contributed by atoms with E-state index in [0.29, 0.717) is 23.2 Å². The van der Waals surface area contributed by atoms with Gasteiger partial charge in [0.15, 0.2) is 5.65 Å². The number of nitrogens with two attached hydrogens (primary N) is 1. The van der Waals surface area contributed by atoms with E-state index >= 15 is 0 Å². The number of carbonyl (C=O) groups excluding carboxylic acids is 1. The van der Waals surface area contributed by atoms with Crippen LogP contribution in [0.3, 0.4) is 0 Å². The Bertz CT molecular complexity index is 920. The Morgan fingerprint density at radius 2 is 1.84 bits per heavy atom. The first kappa shape index (κ1) is 17.1. The van der Waals surface area contributed by atoms with Crippen LogP contribution in [-0.2, 0) is 6.54 Å². The lowest BCUT2D eigenvalue weighted by atomic mass is 9.80. The summed E-state index contributed by atoms with van der Waals surface area (Å²) in [4.78, 5) is 20.4. The van der Waals surface area contributed by atoms with Crippen LogP contribution in [0.1, 0.15) is 41.6 Å². The van der Waals surface area contributed by atoms with Gasteiger partial charge in [0.05, 0.1) is 6.54 Å². The molecule has 0 unspecified atom stereocenters. The van der Waals surface area contributed by atoms with Crippen LogP contribution in [-0.4, -0.2) is 37.6 Å². The second kappa shape index (κ2) is 6.66. The molecular weight excluding hydrogens is 319 g/mol. The highest BCUT2D eigenvalue weighted by Gasteiger charge is 2.17. The molecular formula is C17H19BN4O3. The minimum Gasteiger partial charge on any atom is -0.423 e. The number of benzene rings is 1. The Kier molecular flexibility index (Phi) is 4.56. The van der Waals surface area contributed by atoms with E-state index in [1.54, 1.807) is 24.3 Å². The highest BCUT2D eigenvalue weighted by atomic mass is 16.4. The summed E-state index contributed by atoms with van der Waals surface area (Å²) in [5, 5.41) is 18.4. The molecule has 3 aromatic rings. The molecule has 0 spiro atoms. The van der Waals surface area contributed by atoms with Crippen molar-refractivity contribution in [3.05, 3.63) is 53.5 Å². The summed E-state index contributed by atoms with van der Waals surface area (Å²) in [6, 6.07) is 10.3. The predicted octanol–water partition coefficient (Wildman–Crippen LogP) is 0.382. The Labute approximate surface area is 145 Å². The molecule has 1 aromatic carbocycles. The normalized spacial score (nSPS) is 11.2. The van der Waals surface area contributed by atoms with Gasteiger partial charge in [-0.2, -0.15) is 0 Å². The molecule has 3 rings (SSSR count). The number of imidazole rings is 1. The molecule has 0 saturated heterocycles.